The average Bonchev–Trinajstić information content (AvgIpc) is 2.98. The maximum atomic E-state index is 12.3. The van der Waals surface area contributed by atoms with Gasteiger partial charge in [0, 0.05) is 23.2 Å². The summed E-state index contributed by atoms with van der Waals surface area (Å²) in [7, 11) is 0. The van der Waals surface area contributed by atoms with Gasteiger partial charge in [0.2, 0.25) is 0 Å². The van der Waals surface area contributed by atoms with Gasteiger partial charge in [-0.25, -0.2) is 4.98 Å². The molecule has 1 N–H and O–H groups in total. The van der Waals surface area contributed by atoms with Gasteiger partial charge in [0.15, 0.2) is 11.5 Å². The number of aromatic nitrogens is 1. The number of hydrogen-bond donors (Lipinski definition) is 1. The van der Waals surface area contributed by atoms with E-state index < -0.39 is 0 Å². The van der Waals surface area contributed by atoms with E-state index in [0.29, 0.717) is 28.3 Å². The molecule has 114 valence electrons. The largest absolute Gasteiger partial charge is 0.440 e. The van der Waals surface area contributed by atoms with E-state index in [4.69, 9.17) is 9.68 Å². The molecule has 0 spiro atoms. The fourth-order valence-corrected chi connectivity index (χ4v) is 2.20. The van der Waals surface area contributed by atoms with Crippen molar-refractivity contribution in [1.82, 2.24) is 4.98 Å². The van der Waals surface area contributed by atoms with Crippen molar-refractivity contribution >= 4 is 22.7 Å². The van der Waals surface area contributed by atoms with E-state index in [2.05, 4.69) is 10.3 Å². The molecule has 0 unspecified atom stereocenters. The Morgan fingerprint density at radius 1 is 1.26 bits per heavy atom. The van der Waals surface area contributed by atoms with E-state index in [1.165, 1.54) is 0 Å². The van der Waals surface area contributed by atoms with E-state index in [1.54, 1.807) is 36.4 Å². The van der Waals surface area contributed by atoms with Gasteiger partial charge in [-0.05, 0) is 30.3 Å². The highest BCUT2D eigenvalue weighted by Crippen LogP contribution is 2.24. The second kappa shape index (κ2) is 5.93. The molecule has 1 aromatic heterocycles. The third-order valence-corrected chi connectivity index (χ3v) is 3.41. The number of nitrogens with zero attached hydrogens (tertiary/aromatic N) is 2. The Kier molecular flexibility index (Phi) is 3.82. The van der Waals surface area contributed by atoms with Crippen LogP contribution in [0.4, 0.5) is 5.69 Å². The first-order valence-corrected chi connectivity index (χ1v) is 7.29. The summed E-state index contributed by atoms with van der Waals surface area (Å²) in [6.45, 7) is 4.02. The molecule has 0 radical (unpaired) electrons. The number of fused-ring (bicyclic) bond motifs is 1. The zero-order chi connectivity index (χ0) is 16.4. The molecule has 0 saturated carbocycles. The van der Waals surface area contributed by atoms with Crippen LogP contribution >= 0.6 is 0 Å². The molecule has 3 rings (SSSR count). The molecule has 0 aliphatic heterocycles. The van der Waals surface area contributed by atoms with Crippen LogP contribution in [0.25, 0.3) is 11.1 Å². The van der Waals surface area contributed by atoms with Crippen molar-refractivity contribution in [2.24, 2.45) is 0 Å². The van der Waals surface area contributed by atoms with E-state index in [0.717, 1.165) is 5.52 Å². The van der Waals surface area contributed by atoms with E-state index in [9.17, 15) is 4.79 Å². The van der Waals surface area contributed by atoms with Crippen LogP contribution < -0.4 is 5.32 Å². The zero-order valence-electron chi connectivity index (χ0n) is 12.8. The normalized spacial score (nSPS) is 10.7. The fraction of sp³-hybridized carbons (Fsp3) is 0.167. The Morgan fingerprint density at radius 2 is 2.09 bits per heavy atom. The lowest BCUT2D eigenvalue weighted by Gasteiger charge is -2.05. The standard InChI is InChI=1S/C18H15N3O2/c1-11(2)18-21-15-7-6-14(9-16(15)23-18)20-17(22)13-5-3-4-12(8-13)10-19/h3-9,11H,1-2H3,(H,20,22). The Hall–Kier alpha value is -3.13. The average molecular weight is 305 g/mol. The maximum absolute atomic E-state index is 12.3. The summed E-state index contributed by atoms with van der Waals surface area (Å²) >= 11 is 0. The Morgan fingerprint density at radius 3 is 2.83 bits per heavy atom. The zero-order valence-corrected chi connectivity index (χ0v) is 12.8. The molecule has 5 nitrogen and oxygen atoms in total. The molecule has 5 heteroatoms. The summed E-state index contributed by atoms with van der Waals surface area (Å²) in [5.74, 6) is 0.601. The highest BCUT2D eigenvalue weighted by molar-refractivity contribution is 6.05. The van der Waals surface area contributed by atoms with Gasteiger partial charge in [0.25, 0.3) is 5.91 Å². The van der Waals surface area contributed by atoms with E-state index >= 15 is 0 Å². The summed E-state index contributed by atoms with van der Waals surface area (Å²) in [5.41, 5.74) is 2.90. The van der Waals surface area contributed by atoms with Gasteiger partial charge >= 0.3 is 0 Å². The first kappa shape index (κ1) is 14.8. The number of amides is 1. The number of rotatable bonds is 3. The molecule has 0 bridgehead atoms. The van der Waals surface area contributed by atoms with Crippen molar-refractivity contribution in [3.05, 3.63) is 59.5 Å². The highest BCUT2D eigenvalue weighted by atomic mass is 16.3. The minimum atomic E-state index is -0.273. The number of hydrogen-bond acceptors (Lipinski definition) is 4. The molecular weight excluding hydrogens is 290 g/mol. The van der Waals surface area contributed by atoms with Gasteiger partial charge in [-0.1, -0.05) is 19.9 Å². The van der Waals surface area contributed by atoms with E-state index in [1.807, 2.05) is 26.0 Å². The van der Waals surface area contributed by atoms with Crippen molar-refractivity contribution in [3.63, 3.8) is 0 Å². The summed E-state index contributed by atoms with van der Waals surface area (Å²) in [6.07, 6.45) is 0. The number of carbonyl (C=O) groups is 1. The number of nitriles is 1. The molecule has 0 aliphatic carbocycles. The van der Waals surface area contributed by atoms with Crippen molar-refractivity contribution in [1.29, 1.82) is 5.26 Å². The predicted molar refractivity (Wildman–Crippen MR) is 87.2 cm³/mol. The molecule has 1 amide bonds. The lowest BCUT2D eigenvalue weighted by atomic mass is 10.1. The van der Waals surface area contributed by atoms with Crippen LogP contribution in [0.2, 0.25) is 0 Å². The first-order valence-electron chi connectivity index (χ1n) is 7.29. The Labute approximate surface area is 133 Å². The third kappa shape index (κ3) is 3.06. The number of oxazole rings is 1. The minimum Gasteiger partial charge on any atom is -0.440 e. The topological polar surface area (TPSA) is 78.9 Å². The lowest BCUT2D eigenvalue weighted by Crippen LogP contribution is -2.11. The van der Waals surface area contributed by atoms with Crippen molar-refractivity contribution in [2.45, 2.75) is 19.8 Å². The number of benzene rings is 2. The molecule has 0 atom stereocenters. The second-order valence-corrected chi connectivity index (χ2v) is 5.54. The van der Waals surface area contributed by atoms with Crippen molar-refractivity contribution < 1.29 is 9.21 Å². The summed E-state index contributed by atoms with van der Waals surface area (Å²) in [5, 5.41) is 11.7. The van der Waals surface area contributed by atoms with Gasteiger partial charge in [0.05, 0.1) is 11.6 Å². The fourth-order valence-electron chi connectivity index (χ4n) is 2.20. The van der Waals surface area contributed by atoms with E-state index in [-0.39, 0.29) is 11.8 Å². The minimum absolute atomic E-state index is 0.203. The van der Waals surface area contributed by atoms with Gasteiger partial charge in [-0.2, -0.15) is 5.26 Å². The molecule has 0 aliphatic rings. The molecule has 2 aromatic carbocycles. The molecule has 0 saturated heterocycles. The molecule has 1 heterocycles. The summed E-state index contributed by atoms with van der Waals surface area (Å²) in [6, 6.07) is 13.9. The summed E-state index contributed by atoms with van der Waals surface area (Å²) in [4.78, 5) is 16.7. The predicted octanol–water partition coefficient (Wildman–Crippen LogP) is 4.08. The van der Waals surface area contributed by atoms with Crippen LogP contribution in [0.5, 0.6) is 0 Å². The molecule has 23 heavy (non-hydrogen) atoms. The van der Waals surface area contributed by atoms with Crippen LogP contribution in [0.1, 0.15) is 41.6 Å². The van der Waals surface area contributed by atoms with Crippen molar-refractivity contribution in [2.75, 3.05) is 5.32 Å². The smallest absolute Gasteiger partial charge is 0.255 e. The monoisotopic (exact) mass is 305 g/mol. The number of anilines is 1. The number of nitrogens with one attached hydrogen (secondary N) is 1. The molecule has 3 aromatic rings. The van der Waals surface area contributed by atoms with Crippen molar-refractivity contribution in [3.8, 4) is 6.07 Å². The lowest BCUT2D eigenvalue weighted by molar-refractivity contribution is 0.102. The van der Waals surface area contributed by atoms with Crippen LogP contribution in [0.3, 0.4) is 0 Å². The highest BCUT2D eigenvalue weighted by Gasteiger charge is 2.11. The quantitative estimate of drug-likeness (QED) is 0.791. The van der Waals surface area contributed by atoms with Gasteiger partial charge in [-0.3, -0.25) is 4.79 Å². The SMILES string of the molecule is CC(C)c1nc2ccc(NC(=O)c3cccc(C#N)c3)cc2o1. The Balaban J connectivity index is 1.85. The van der Waals surface area contributed by atoms with Crippen LogP contribution in [0, 0.1) is 11.3 Å². The van der Waals surface area contributed by atoms with Gasteiger partial charge < -0.3 is 9.73 Å². The summed E-state index contributed by atoms with van der Waals surface area (Å²) < 4.78 is 5.69. The van der Waals surface area contributed by atoms with Crippen LogP contribution in [-0.4, -0.2) is 10.9 Å². The molecular formula is C18H15N3O2. The van der Waals surface area contributed by atoms with Crippen LogP contribution in [-0.2, 0) is 0 Å². The molecule has 0 fully saturated rings. The second-order valence-electron chi connectivity index (χ2n) is 5.54. The number of carbonyl (C=O) groups excluding carboxylic acids is 1. The van der Waals surface area contributed by atoms with Crippen LogP contribution in [0.15, 0.2) is 46.9 Å². The first-order chi connectivity index (χ1) is 11.1. The Bertz CT molecular complexity index is 919. The van der Waals surface area contributed by atoms with Gasteiger partial charge in [0.1, 0.15) is 5.52 Å². The third-order valence-electron chi connectivity index (χ3n) is 3.41. The van der Waals surface area contributed by atoms with Gasteiger partial charge in [-0.15, -0.1) is 0 Å². The maximum Gasteiger partial charge on any atom is 0.255 e.